The molecule has 21 heavy (non-hydrogen) atoms. The highest BCUT2D eigenvalue weighted by molar-refractivity contribution is 5.96. The van der Waals surface area contributed by atoms with Crippen LogP contribution in [0.4, 0.5) is 0 Å². The van der Waals surface area contributed by atoms with E-state index in [0.717, 1.165) is 56.6 Å². The van der Waals surface area contributed by atoms with E-state index in [0.29, 0.717) is 0 Å². The fraction of sp³-hybridized carbons (Fsp3) is 0.765. The molecule has 0 bridgehead atoms. The molecule has 1 aromatic rings. The number of aromatic nitrogens is 2. The molecule has 1 spiro atoms. The standard InChI is InChI=1S/C17H26N2O2/c1-3-14-11-15(19(4-2)18-14)16(20)13-7-10-21-17(12-13)8-5-6-9-17/h11,13H,3-10,12H2,1-2H3. The third-order valence-electron chi connectivity index (χ3n) is 5.12. The molecule has 116 valence electrons. The number of hydrogen-bond acceptors (Lipinski definition) is 3. The molecule has 1 saturated carbocycles. The molecule has 0 amide bonds. The number of carbonyl (C=O) groups is 1. The highest BCUT2D eigenvalue weighted by atomic mass is 16.5. The Morgan fingerprint density at radius 2 is 2.19 bits per heavy atom. The number of rotatable bonds is 4. The minimum absolute atomic E-state index is 0.00320. The SMILES string of the molecule is CCc1cc(C(=O)C2CCOC3(CCCC3)C2)n(CC)n1. The van der Waals surface area contributed by atoms with Crippen LogP contribution in [0.2, 0.25) is 0 Å². The van der Waals surface area contributed by atoms with Gasteiger partial charge in [0.25, 0.3) is 0 Å². The lowest BCUT2D eigenvalue weighted by Gasteiger charge is -2.37. The van der Waals surface area contributed by atoms with Crippen LogP contribution in [-0.2, 0) is 17.7 Å². The lowest BCUT2D eigenvalue weighted by Crippen LogP contribution is -2.40. The topological polar surface area (TPSA) is 44.1 Å². The number of carbonyl (C=O) groups excluding carboxylic acids is 1. The lowest BCUT2D eigenvalue weighted by molar-refractivity contribution is -0.0867. The Morgan fingerprint density at radius 3 is 2.86 bits per heavy atom. The zero-order chi connectivity index (χ0) is 14.9. The number of Topliss-reactive ketones (excluding diaryl/α,β-unsaturated/α-hetero) is 1. The highest BCUT2D eigenvalue weighted by Crippen LogP contribution is 2.42. The summed E-state index contributed by atoms with van der Waals surface area (Å²) in [5.41, 5.74) is 1.82. The van der Waals surface area contributed by atoms with Gasteiger partial charge in [-0.25, -0.2) is 0 Å². The predicted molar refractivity (Wildman–Crippen MR) is 81.5 cm³/mol. The molecule has 1 saturated heterocycles. The predicted octanol–water partition coefficient (Wildman–Crippen LogP) is 3.39. The van der Waals surface area contributed by atoms with E-state index in [9.17, 15) is 4.79 Å². The second-order valence-electron chi connectivity index (χ2n) is 6.48. The van der Waals surface area contributed by atoms with Crippen LogP contribution in [0.25, 0.3) is 0 Å². The van der Waals surface area contributed by atoms with Crippen molar-refractivity contribution in [3.8, 4) is 0 Å². The molecule has 4 nitrogen and oxygen atoms in total. The van der Waals surface area contributed by atoms with Crippen molar-refractivity contribution in [2.75, 3.05) is 6.61 Å². The minimum Gasteiger partial charge on any atom is -0.375 e. The molecule has 1 atom stereocenters. The maximum atomic E-state index is 12.9. The summed E-state index contributed by atoms with van der Waals surface area (Å²) < 4.78 is 7.92. The fourth-order valence-electron chi connectivity index (χ4n) is 3.91. The average Bonchev–Trinajstić information content (AvgIpc) is 3.13. The summed E-state index contributed by atoms with van der Waals surface area (Å²) in [6.07, 6.45) is 7.39. The smallest absolute Gasteiger partial charge is 0.184 e. The van der Waals surface area contributed by atoms with Crippen LogP contribution in [0.3, 0.4) is 0 Å². The third-order valence-corrected chi connectivity index (χ3v) is 5.12. The highest BCUT2D eigenvalue weighted by Gasteiger charge is 2.42. The van der Waals surface area contributed by atoms with Crippen LogP contribution in [0.15, 0.2) is 6.07 Å². The molecule has 1 unspecified atom stereocenters. The zero-order valence-corrected chi connectivity index (χ0v) is 13.2. The van der Waals surface area contributed by atoms with Gasteiger partial charge in [0, 0.05) is 19.1 Å². The summed E-state index contributed by atoms with van der Waals surface area (Å²) >= 11 is 0. The van der Waals surface area contributed by atoms with Gasteiger partial charge in [0.05, 0.1) is 11.3 Å². The van der Waals surface area contributed by atoms with E-state index in [1.807, 2.05) is 17.7 Å². The van der Waals surface area contributed by atoms with Crippen LogP contribution >= 0.6 is 0 Å². The molecule has 4 heteroatoms. The molecular weight excluding hydrogens is 264 g/mol. The Kier molecular flexibility index (Phi) is 4.16. The van der Waals surface area contributed by atoms with Crippen molar-refractivity contribution in [1.82, 2.24) is 9.78 Å². The van der Waals surface area contributed by atoms with Gasteiger partial charge in [-0.1, -0.05) is 19.8 Å². The van der Waals surface area contributed by atoms with Crippen LogP contribution in [0.5, 0.6) is 0 Å². The van der Waals surface area contributed by atoms with E-state index in [1.165, 1.54) is 12.8 Å². The van der Waals surface area contributed by atoms with Crippen molar-refractivity contribution in [2.45, 2.75) is 70.9 Å². The van der Waals surface area contributed by atoms with Crippen LogP contribution in [-0.4, -0.2) is 27.8 Å². The summed E-state index contributed by atoms with van der Waals surface area (Å²) in [7, 11) is 0. The van der Waals surface area contributed by atoms with Crippen LogP contribution < -0.4 is 0 Å². The first-order chi connectivity index (χ1) is 10.2. The normalized spacial score (nSPS) is 24.6. The van der Waals surface area contributed by atoms with Gasteiger partial charge in [-0.2, -0.15) is 5.10 Å². The maximum Gasteiger partial charge on any atom is 0.184 e. The molecule has 2 aliphatic rings. The summed E-state index contributed by atoms with van der Waals surface area (Å²) in [5, 5.41) is 4.52. The second kappa shape index (κ2) is 5.91. The molecular formula is C17H26N2O2. The molecule has 1 aromatic heterocycles. The van der Waals surface area contributed by atoms with Gasteiger partial charge in [0.2, 0.25) is 0 Å². The van der Waals surface area contributed by atoms with Gasteiger partial charge in [-0.05, 0) is 45.1 Å². The van der Waals surface area contributed by atoms with Crippen molar-refractivity contribution in [2.24, 2.45) is 5.92 Å². The molecule has 0 aromatic carbocycles. The average molecular weight is 290 g/mol. The molecule has 2 heterocycles. The van der Waals surface area contributed by atoms with E-state index in [-0.39, 0.29) is 17.3 Å². The van der Waals surface area contributed by atoms with Crippen molar-refractivity contribution in [1.29, 1.82) is 0 Å². The van der Waals surface area contributed by atoms with Crippen LogP contribution in [0.1, 0.15) is 68.6 Å². The summed E-state index contributed by atoms with van der Waals surface area (Å²) in [4.78, 5) is 12.9. The Morgan fingerprint density at radius 1 is 1.43 bits per heavy atom. The van der Waals surface area contributed by atoms with E-state index < -0.39 is 0 Å². The van der Waals surface area contributed by atoms with Gasteiger partial charge in [-0.15, -0.1) is 0 Å². The third kappa shape index (κ3) is 2.78. The molecule has 2 fully saturated rings. The first kappa shape index (κ1) is 14.8. The number of nitrogens with zero attached hydrogens (tertiary/aromatic N) is 2. The molecule has 1 aliphatic heterocycles. The van der Waals surface area contributed by atoms with Gasteiger partial charge < -0.3 is 4.74 Å². The van der Waals surface area contributed by atoms with Crippen molar-refractivity contribution in [3.63, 3.8) is 0 Å². The van der Waals surface area contributed by atoms with Gasteiger partial charge >= 0.3 is 0 Å². The summed E-state index contributed by atoms with van der Waals surface area (Å²) in [5.74, 6) is 0.391. The van der Waals surface area contributed by atoms with Gasteiger partial charge in [0.15, 0.2) is 5.78 Å². The fourth-order valence-corrected chi connectivity index (χ4v) is 3.91. The Labute approximate surface area is 126 Å². The Hall–Kier alpha value is -1.16. The number of aryl methyl sites for hydroxylation is 2. The van der Waals surface area contributed by atoms with E-state index in [4.69, 9.17) is 4.74 Å². The molecule has 0 N–H and O–H groups in total. The number of ketones is 1. The first-order valence-corrected chi connectivity index (χ1v) is 8.42. The quantitative estimate of drug-likeness (QED) is 0.798. The largest absolute Gasteiger partial charge is 0.375 e. The van der Waals surface area contributed by atoms with Crippen molar-refractivity contribution < 1.29 is 9.53 Å². The zero-order valence-electron chi connectivity index (χ0n) is 13.2. The second-order valence-corrected chi connectivity index (χ2v) is 6.48. The van der Waals surface area contributed by atoms with Crippen molar-refractivity contribution in [3.05, 3.63) is 17.5 Å². The first-order valence-electron chi connectivity index (χ1n) is 8.42. The molecule has 3 rings (SSSR count). The van der Waals surface area contributed by atoms with E-state index in [2.05, 4.69) is 12.0 Å². The summed E-state index contributed by atoms with van der Waals surface area (Å²) in [6, 6.07) is 1.99. The van der Waals surface area contributed by atoms with Crippen molar-refractivity contribution >= 4 is 5.78 Å². The van der Waals surface area contributed by atoms with E-state index >= 15 is 0 Å². The van der Waals surface area contributed by atoms with Crippen LogP contribution in [0, 0.1) is 5.92 Å². The van der Waals surface area contributed by atoms with Gasteiger partial charge in [0.1, 0.15) is 5.69 Å². The Balaban J connectivity index is 1.79. The summed E-state index contributed by atoms with van der Waals surface area (Å²) in [6.45, 7) is 5.62. The minimum atomic E-state index is 0.00320. The Bertz CT molecular complexity index is 515. The molecule has 1 aliphatic carbocycles. The lowest BCUT2D eigenvalue weighted by atomic mass is 9.81. The number of hydrogen-bond donors (Lipinski definition) is 0. The van der Waals surface area contributed by atoms with E-state index in [1.54, 1.807) is 0 Å². The monoisotopic (exact) mass is 290 g/mol. The molecule has 0 radical (unpaired) electrons. The maximum absolute atomic E-state index is 12.9. The number of ether oxygens (including phenoxy) is 1. The van der Waals surface area contributed by atoms with Gasteiger partial charge in [-0.3, -0.25) is 9.48 Å².